The minimum Gasteiger partial charge on any atom is -0.494 e. The number of carbonyl (C=O) groups is 1. The van der Waals surface area contributed by atoms with Gasteiger partial charge in [-0.05, 0) is 48.9 Å². The van der Waals surface area contributed by atoms with E-state index in [-0.39, 0.29) is 5.91 Å². The van der Waals surface area contributed by atoms with Crippen LogP contribution in [0.4, 0.5) is 11.6 Å². The van der Waals surface area contributed by atoms with Gasteiger partial charge in [0, 0.05) is 29.6 Å². The average molecular weight is 383 g/mol. The van der Waals surface area contributed by atoms with Crippen LogP contribution in [0.15, 0.2) is 60.9 Å². The van der Waals surface area contributed by atoms with Crippen LogP contribution in [0.2, 0.25) is 5.02 Å². The molecule has 0 aliphatic carbocycles. The smallest absolute Gasteiger partial charge is 0.254 e. The third-order valence-corrected chi connectivity index (χ3v) is 3.95. The number of benzene rings is 2. The molecule has 0 fully saturated rings. The number of nitrogens with one attached hydrogen (secondary N) is 2. The summed E-state index contributed by atoms with van der Waals surface area (Å²) in [5.74, 6) is 0.975. The van der Waals surface area contributed by atoms with Gasteiger partial charge in [-0.1, -0.05) is 23.7 Å². The summed E-state index contributed by atoms with van der Waals surface area (Å²) >= 11 is 5.85. The van der Waals surface area contributed by atoms with Crippen molar-refractivity contribution in [3.63, 3.8) is 0 Å². The van der Waals surface area contributed by atoms with Gasteiger partial charge in [0.1, 0.15) is 5.75 Å². The maximum Gasteiger partial charge on any atom is 0.254 e. The van der Waals surface area contributed by atoms with Crippen LogP contribution >= 0.6 is 11.6 Å². The van der Waals surface area contributed by atoms with Crippen LogP contribution in [0.1, 0.15) is 22.8 Å². The molecular formula is C20H19ClN4O2. The Balaban J connectivity index is 1.55. The number of carbonyl (C=O) groups excluding carboxylic acids is 1. The first-order valence-corrected chi connectivity index (χ1v) is 8.86. The summed E-state index contributed by atoms with van der Waals surface area (Å²) in [5.41, 5.74) is 2.18. The predicted molar refractivity (Wildman–Crippen MR) is 106 cm³/mol. The zero-order valence-electron chi connectivity index (χ0n) is 14.8. The molecule has 3 rings (SSSR count). The molecule has 0 spiro atoms. The summed E-state index contributed by atoms with van der Waals surface area (Å²) in [5, 5.41) is 6.57. The Morgan fingerprint density at radius 1 is 1.04 bits per heavy atom. The van der Waals surface area contributed by atoms with Crippen LogP contribution in [-0.4, -0.2) is 22.5 Å². The van der Waals surface area contributed by atoms with Crippen molar-refractivity contribution in [2.24, 2.45) is 0 Å². The van der Waals surface area contributed by atoms with Gasteiger partial charge in [-0.15, -0.1) is 0 Å². The number of rotatable bonds is 7. The molecule has 2 aromatic carbocycles. The summed E-state index contributed by atoms with van der Waals surface area (Å²) < 4.78 is 5.40. The molecule has 1 heterocycles. The van der Waals surface area contributed by atoms with Crippen molar-refractivity contribution >= 4 is 29.1 Å². The molecule has 0 radical (unpaired) electrons. The number of ether oxygens (including phenoxy) is 1. The molecule has 1 amide bonds. The predicted octanol–water partition coefficient (Wildman–Crippen LogP) is 4.20. The van der Waals surface area contributed by atoms with Gasteiger partial charge in [0.2, 0.25) is 5.95 Å². The van der Waals surface area contributed by atoms with Crippen LogP contribution in [0.5, 0.6) is 5.75 Å². The Kier molecular flexibility index (Phi) is 6.22. The van der Waals surface area contributed by atoms with E-state index in [1.54, 1.807) is 12.1 Å². The molecule has 7 heteroatoms. The first-order valence-electron chi connectivity index (χ1n) is 8.48. The Hall–Kier alpha value is -3.12. The third kappa shape index (κ3) is 5.43. The van der Waals surface area contributed by atoms with E-state index in [0.717, 1.165) is 17.0 Å². The third-order valence-electron chi connectivity index (χ3n) is 3.70. The standard InChI is InChI=1S/C20H19ClN4O2/c1-2-27-18-9-7-17(8-10-18)25-20-23-12-15(13-24-20)19(26)22-11-14-3-5-16(21)6-4-14/h3-10,12-13H,2,11H2,1H3,(H,22,26)(H,23,24,25). The van der Waals surface area contributed by atoms with Crippen LogP contribution in [-0.2, 0) is 6.54 Å². The van der Waals surface area contributed by atoms with E-state index in [9.17, 15) is 4.79 Å². The first-order chi connectivity index (χ1) is 13.1. The summed E-state index contributed by atoms with van der Waals surface area (Å²) in [6.45, 7) is 2.97. The Bertz CT molecular complexity index is 881. The highest BCUT2D eigenvalue weighted by Crippen LogP contribution is 2.18. The van der Waals surface area contributed by atoms with Gasteiger partial charge >= 0.3 is 0 Å². The lowest BCUT2D eigenvalue weighted by atomic mass is 10.2. The summed E-state index contributed by atoms with van der Waals surface area (Å²) in [4.78, 5) is 20.6. The SMILES string of the molecule is CCOc1ccc(Nc2ncc(C(=O)NCc3ccc(Cl)cc3)cn2)cc1. The fraction of sp³-hybridized carbons (Fsp3) is 0.150. The van der Waals surface area contributed by atoms with E-state index in [2.05, 4.69) is 20.6 Å². The average Bonchev–Trinajstić information content (AvgIpc) is 2.70. The number of halogens is 1. The van der Waals surface area contributed by atoms with Gasteiger partial charge in [-0.2, -0.15) is 0 Å². The fourth-order valence-corrected chi connectivity index (χ4v) is 2.45. The summed E-state index contributed by atoms with van der Waals surface area (Å²) in [6, 6.07) is 14.8. The maximum absolute atomic E-state index is 12.2. The lowest BCUT2D eigenvalue weighted by Gasteiger charge is -2.08. The van der Waals surface area contributed by atoms with Crippen LogP contribution in [0, 0.1) is 0 Å². The van der Waals surface area contributed by atoms with Crippen LogP contribution < -0.4 is 15.4 Å². The van der Waals surface area contributed by atoms with Crippen molar-refractivity contribution in [2.75, 3.05) is 11.9 Å². The highest BCUT2D eigenvalue weighted by Gasteiger charge is 2.07. The molecule has 0 saturated heterocycles. The largest absolute Gasteiger partial charge is 0.494 e. The molecule has 138 valence electrons. The van der Waals surface area contributed by atoms with Gasteiger partial charge in [0.25, 0.3) is 5.91 Å². The van der Waals surface area contributed by atoms with Crippen LogP contribution in [0.25, 0.3) is 0 Å². The molecule has 0 saturated carbocycles. The molecule has 0 unspecified atom stereocenters. The number of amides is 1. The van der Waals surface area contributed by atoms with Crippen molar-refractivity contribution in [3.8, 4) is 5.75 Å². The second kappa shape index (κ2) is 9.00. The van der Waals surface area contributed by atoms with Crippen molar-refractivity contribution in [2.45, 2.75) is 13.5 Å². The highest BCUT2D eigenvalue weighted by molar-refractivity contribution is 6.30. The minimum absolute atomic E-state index is 0.238. The zero-order valence-corrected chi connectivity index (χ0v) is 15.5. The molecular weight excluding hydrogens is 364 g/mol. The van der Waals surface area contributed by atoms with Gasteiger partial charge in [0.15, 0.2) is 0 Å². The fourth-order valence-electron chi connectivity index (χ4n) is 2.33. The van der Waals surface area contributed by atoms with E-state index in [0.29, 0.717) is 29.7 Å². The van der Waals surface area contributed by atoms with E-state index in [1.807, 2.05) is 43.3 Å². The molecule has 2 N–H and O–H groups in total. The molecule has 0 bridgehead atoms. The molecule has 3 aromatic rings. The van der Waals surface area contributed by atoms with Crippen molar-refractivity contribution < 1.29 is 9.53 Å². The Labute approximate surface area is 162 Å². The highest BCUT2D eigenvalue weighted by atomic mass is 35.5. The zero-order chi connectivity index (χ0) is 19.1. The molecule has 0 atom stereocenters. The maximum atomic E-state index is 12.2. The lowest BCUT2D eigenvalue weighted by molar-refractivity contribution is 0.0950. The first kappa shape index (κ1) is 18.7. The lowest BCUT2D eigenvalue weighted by Crippen LogP contribution is -2.23. The van der Waals surface area contributed by atoms with E-state index < -0.39 is 0 Å². The molecule has 1 aromatic heterocycles. The number of hydrogen-bond acceptors (Lipinski definition) is 5. The topological polar surface area (TPSA) is 76.1 Å². The monoisotopic (exact) mass is 382 g/mol. The molecule has 27 heavy (non-hydrogen) atoms. The molecule has 6 nitrogen and oxygen atoms in total. The van der Waals surface area contributed by atoms with Gasteiger partial charge in [-0.3, -0.25) is 4.79 Å². The normalized spacial score (nSPS) is 10.3. The van der Waals surface area contributed by atoms with Crippen molar-refractivity contribution in [1.29, 1.82) is 0 Å². The molecule has 0 aliphatic rings. The second-order valence-corrected chi connectivity index (χ2v) is 6.12. The Morgan fingerprint density at radius 2 is 1.70 bits per heavy atom. The number of aromatic nitrogens is 2. The summed E-state index contributed by atoms with van der Waals surface area (Å²) in [6.07, 6.45) is 2.97. The molecule has 0 aliphatic heterocycles. The van der Waals surface area contributed by atoms with Gasteiger partial charge in [0.05, 0.1) is 12.2 Å². The minimum atomic E-state index is -0.238. The quantitative estimate of drug-likeness (QED) is 0.640. The van der Waals surface area contributed by atoms with E-state index in [4.69, 9.17) is 16.3 Å². The summed E-state index contributed by atoms with van der Waals surface area (Å²) in [7, 11) is 0. The van der Waals surface area contributed by atoms with Crippen molar-refractivity contribution in [3.05, 3.63) is 77.1 Å². The van der Waals surface area contributed by atoms with Crippen LogP contribution in [0.3, 0.4) is 0 Å². The number of anilines is 2. The van der Waals surface area contributed by atoms with E-state index in [1.165, 1.54) is 12.4 Å². The van der Waals surface area contributed by atoms with Crippen molar-refractivity contribution in [1.82, 2.24) is 15.3 Å². The van der Waals surface area contributed by atoms with Gasteiger partial charge in [-0.25, -0.2) is 9.97 Å². The second-order valence-electron chi connectivity index (χ2n) is 5.69. The van der Waals surface area contributed by atoms with E-state index >= 15 is 0 Å². The Morgan fingerprint density at radius 3 is 2.33 bits per heavy atom. The number of hydrogen-bond donors (Lipinski definition) is 2. The number of nitrogens with zero attached hydrogens (tertiary/aromatic N) is 2. The van der Waals surface area contributed by atoms with Gasteiger partial charge < -0.3 is 15.4 Å².